The lowest BCUT2D eigenvalue weighted by Gasteiger charge is -2.34. The molecule has 2 aromatic rings. The van der Waals surface area contributed by atoms with Gasteiger partial charge in [-0.15, -0.1) is 13.2 Å². The van der Waals surface area contributed by atoms with Crippen LogP contribution >= 0.6 is 11.6 Å². The molecule has 0 aliphatic carbocycles. The third-order valence-corrected chi connectivity index (χ3v) is 7.43. The number of ether oxygens (including phenoxy) is 1. The predicted molar refractivity (Wildman–Crippen MR) is 110 cm³/mol. The highest BCUT2D eigenvalue weighted by Gasteiger charge is 2.47. The van der Waals surface area contributed by atoms with Crippen molar-refractivity contribution in [1.82, 2.24) is 9.62 Å². The van der Waals surface area contributed by atoms with Crippen LogP contribution in [0.2, 0.25) is 5.02 Å². The van der Waals surface area contributed by atoms with Crippen LogP contribution in [0.4, 0.5) is 13.2 Å². The number of aliphatic imine (C=N–C) groups is 1. The number of benzene rings is 2. The van der Waals surface area contributed by atoms with Crippen molar-refractivity contribution in [2.45, 2.75) is 29.6 Å². The molecule has 0 bridgehead atoms. The summed E-state index contributed by atoms with van der Waals surface area (Å²) >= 11 is 5.90. The number of sulfonamides is 1. The molecule has 0 saturated carbocycles. The van der Waals surface area contributed by atoms with Gasteiger partial charge in [0.2, 0.25) is 10.0 Å². The monoisotopic (exact) mass is 487 g/mol. The van der Waals surface area contributed by atoms with E-state index in [1.54, 1.807) is 6.07 Å². The van der Waals surface area contributed by atoms with Gasteiger partial charge in [-0.3, -0.25) is 9.79 Å². The third kappa shape index (κ3) is 4.45. The summed E-state index contributed by atoms with van der Waals surface area (Å²) in [5.74, 6) is -0.737. The Morgan fingerprint density at radius 1 is 1.09 bits per heavy atom. The summed E-state index contributed by atoms with van der Waals surface area (Å²) in [5.41, 5.74) is -0.928. The van der Waals surface area contributed by atoms with Crippen molar-refractivity contribution >= 4 is 33.4 Å². The average molecular weight is 488 g/mol. The summed E-state index contributed by atoms with van der Waals surface area (Å²) in [6.45, 7) is 0.104. The summed E-state index contributed by atoms with van der Waals surface area (Å²) in [7, 11) is -3.79. The largest absolute Gasteiger partial charge is 0.573 e. The van der Waals surface area contributed by atoms with E-state index in [9.17, 15) is 26.4 Å². The summed E-state index contributed by atoms with van der Waals surface area (Å²) in [4.78, 5) is 17.2. The molecular formula is C20H17ClF3N3O4S. The van der Waals surface area contributed by atoms with Gasteiger partial charge in [-0.2, -0.15) is 4.31 Å². The molecule has 1 N–H and O–H groups in total. The lowest BCUT2D eigenvalue weighted by molar-refractivity contribution is -0.274. The minimum absolute atomic E-state index is 0.0519. The number of piperidine rings is 1. The van der Waals surface area contributed by atoms with Gasteiger partial charge in [0.15, 0.2) is 0 Å². The molecular weight excluding hydrogens is 471 g/mol. The zero-order chi connectivity index (χ0) is 23.1. The maximum Gasteiger partial charge on any atom is 0.573 e. The molecule has 0 radical (unpaired) electrons. The van der Waals surface area contributed by atoms with E-state index in [0.29, 0.717) is 5.02 Å². The number of nitrogens with zero attached hydrogens (tertiary/aromatic N) is 2. The zero-order valence-electron chi connectivity index (χ0n) is 16.4. The molecule has 1 saturated heterocycles. The Labute approximate surface area is 186 Å². The van der Waals surface area contributed by atoms with E-state index in [1.807, 2.05) is 0 Å². The Morgan fingerprint density at radius 2 is 1.78 bits per heavy atom. The first kappa shape index (κ1) is 22.6. The van der Waals surface area contributed by atoms with Crippen LogP contribution in [-0.2, 0) is 14.8 Å². The quantitative estimate of drug-likeness (QED) is 0.716. The van der Waals surface area contributed by atoms with E-state index < -0.39 is 33.6 Å². The highest BCUT2D eigenvalue weighted by Crippen LogP contribution is 2.34. The van der Waals surface area contributed by atoms with Crippen LogP contribution in [-0.4, -0.2) is 49.5 Å². The maximum atomic E-state index is 12.9. The van der Waals surface area contributed by atoms with Gasteiger partial charge in [-0.05, 0) is 43.2 Å². The molecule has 1 spiro atoms. The van der Waals surface area contributed by atoms with Crippen molar-refractivity contribution in [3.63, 3.8) is 0 Å². The van der Waals surface area contributed by atoms with Crippen molar-refractivity contribution in [2.75, 3.05) is 13.1 Å². The third-order valence-electron chi connectivity index (χ3n) is 5.30. The van der Waals surface area contributed by atoms with E-state index in [4.69, 9.17) is 11.6 Å². The first-order valence-corrected chi connectivity index (χ1v) is 11.3. The van der Waals surface area contributed by atoms with Crippen molar-refractivity contribution in [3.05, 3.63) is 59.1 Å². The number of amidine groups is 1. The van der Waals surface area contributed by atoms with Crippen LogP contribution in [0.5, 0.6) is 5.75 Å². The summed E-state index contributed by atoms with van der Waals surface area (Å²) < 4.78 is 68.4. The molecule has 32 heavy (non-hydrogen) atoms. The summed E-state index contributed by atoms with van der Waals surface area (Å²) in [6, 6.07) is 11.0. The van der Waals surface area contributed by atoms with E-state index in [0.717, 1.165) is 12.1 Å². The molecule has 2 heterocycles. The van der Waals surface area contributed by atoms with Crippen molar-refractivity contribution in [3.8, 4) is 5.75 Å². The normalized spacial score (nSPS) is 19.0. The Hall–Kier alpha value is -2.63. The first-order chi connectivity index (χ1) is 15.0. The standard InChI is InChI=1S/C20H17ClF3N3O4S/c21-14-4-2-6-16(12-14)32(29,30)27-9-7-19(8-10-27)18(28)25-17(26-19)13-3-1-5-15(11-13)31-20(22,23)24/h1-6,11-12H,7-10H2,(H,25,26,28). The van der Waals surface area contributed by atoms with Gasteiger partial charge < -0.3 is 10.1 Å². The van der Waals surface area contributed by atoms with Gasteiger partial charge in [0.25, 0.3) is 5.91 Å². The molecule has 1 fully saturated rings. The van der Waals surface area contributed by atoms with Gasteiger partial charge >= 0.3 is 6.36 Å². The number of hydrogen-bond acceptors (Lipinski definition) is 5. The van der Waals surface area contributed by atoms with Crippen LogP contribution in [0.1, 0.15) is 18.4 Å². The van der Waals surface area contributed by atoms with Crippen LogP contribution in [0.15, 0.2) is 58.4 Å². The topological polar surface area (TPSA) is 88.1 Å². The number of nitrogens with one attached hydrogen (secondary N) is 1. The molecule has 12 heteroatoms. The van der Waals surface area contributed by atoms with Crippen LogP contribution in [0.25, 0.3) is 0 Å². The number of amides is 1. The van der Waals surface area contributed by atoms with Gasteiger partial charge in [0, 0.05) is 23.7 Å². The number of hydrogen-bond donors (Lipinski definition) is 1. The predicted octanol–water partition coefficient (Wildman–Crippen LogP) is 3.34. The maximum absolute atomic E-state index is 12.9. The fourth-order valence-corrected chi connectivity index (χ4v) is 5.45. The summed E-state index contributed by atoms with van der Waals surface area (Å²) in [5, 5.41) is 2.89. The molecule has 1 amide bonds. The molecule has 0 unspecified atom stereocenters. The number of alkyl halides is 3. The molecule has 170 valence electrons. The van der Waals surface area contributed by atoms with E-state index in [-0.39, 0.29) is 42.2 Å². The average Bonchev–Trinajstić information content (AvgIpc) is 3.03. The van der Waals surface area contributed by atoms with Crippen LogP contribution < -0.4 is 10.1 Å². The summed E-state index contributed by atoms with van der Waals surface area (Å²) in [6.07, 6.45) is -4.59. The lowest BCUT2D eigenvalue weighted by Crippen LogP contribution is -2.50. The van der Waals surface area contributed by atoms with Crippen LogP contribution in [0.3, 0.4) is 0 Å². The van der Waals surface area contributed by atoms with Crippen LogP contribution in [0, 0.1) is 0 Å². The van der Waals surface area contributed by atoms with Crippen molar-refractivity contribution < 1.29 is 31.1 Å². The fourth-order valence-electron chi connectivity index (χ4n) is 3.71. The van der Waals surface area contributed by atoms with E-state index >= 15 is 0 Å². The minimum Gasteiger partial charge on any atom is -0.406 e. The molecule has 2 aliphatic heterocycles. The van der Waals surface area contributed by atoms with E-state index in [2.05, 4.69) is 15.0 Å². The number of rotatable bonds is 4. The molecule has 0 atom stereocenters. The second kappa shape index (κ2) is 8.05. The molecule has 0 aromatic heterocycles. The second-order valence-corrected chi connectivity index (χ2v) is 9.76. The Balaban J connectivity index is 1.53. The number of carbonyl (C=O) groups excluding carboxylic acids is 1. The highest BCUT2D eigenvalue weighted by atomic mass is 35.5. The minimum atomic E-state index is -4.85. The van der Waals surface area contributed by atoms with Crippen molar-refractivity contribution in [1.29, 1.82) is 0 Å². The van der Waals surface area contributed by atoms with Gasteiger partial charge in [0.1, 0.15) is 17.1 Å². The van der Waals surface area contributed by atoms with Gasteiger partial charge in [-0.1, -0.05) is 29.8 Å². The van der Waals surface area contributed by atoms with E-state index in [1.165, 1.54) is 34.6 Å². The Bertz CT molecular complexity index is 1190. The Morgan fingerprint density at radius 3 is 2.44 bits per heavy atom. The Kier molecular flexibility index (Phi) is 5.68. The molecule has 2 aliphatic rings. The highest BCUT2D eigenvalue weighted by molar-refractivity contribution is 7.89. The molecule has 4 rings (SSSR count). The first-order valence-electron chi connectivity index (χ1n) is 9.52. The zero-order valence-corrected chi connectivity index (χ0v) is 18.0. The molecule has 7 nitrogen and oxygen atoms in total. The fraction of sp³-hybridized carbons (Fsp3) is 0.300. The second-order valence-electron chi connectivity index (χ2n) is 7.38. The van der Waals surface area contributed by atoms with Crippen molar-refractivity contribution in [2.24, 2.45) is 4.99 Å². The lowest BCUT2D eigenvalue weighted by atomic mass is 9.89. The SMILES string of the molecule is O=C1NC(c2cccc(OC(F)(F)F)c2)=NC12CCN(S(=O)(=O)c1cccc(Cl)c1)CC2. The van der Waals surface area contributed by atoms with Gasteiger partial charge in [-0.25, -0.2) is 8.42 Å². The smallest absolute Gasteiger partial charge is 0.406 e. The van der Waals surface area contributed by atoms with Gasteiger partial charge in [0.05, 0.1) is 4.90 Å². The molecule has 2 aromatic carbocycles. The number of carbonyl (C=O) groups is 1. The number of halogens is 4.